The SMILES string of the molecule is CC(C)CCCCCCNC(=O)c1cc(S(N)(=O)=O)ccc1Br. The molecule has 7 heteroatoms. The number of rotatable bonds is 9. The molecule has 5 nitrogen and oxygen atoms in total. The minimum absolute atomic E-state index is 0.0699. The quantitative estimate of drug-likeness (QED) is 0.617. The number of sulfonamides is 1. The van der Waals surface area contributed by atoms with Crippen LogP contribution in [-0.2, 0) is 10.0 Å². The molecule has 0 aliphatic heterocycles. The van der Waals surface area contributed by atoms with Crippen LogP contribution in [0, 0.1) is 5.92 Å². The average molecular weight is 405 g/mol. The third kappa shape index (κ3) is 7.46. The van der Waals surface area contributed by atoms with Gasteiger partial charge in [-0.1, -0.05) is 39.5 Å². The van der Waals surface area contributed by atoms with Crippen LogP contribution in [0.3, 0.4) is 0 Å². The van der Waals surface area contributed by atoms with Gasteiger partial charge in [-0.05, 0) is 46.5 Å². The third-order valence-electron chi connectivity index (χ3n) is 3.50. The largest absolute Gasteiger partial charge is 0.352 e. The molecular formula is C16H25BrN2O3S. The molecule has 0 atom stereocenters. The molecule has 0 spiro atoms. The highest BCUT2D eigenvalue weighted by Crippen LogP contribution is 2.20. The van der Waals surface area contributed by atoms with Crippen LogP contribution >= 0.6 is 15.9 Å². The minimum atomic E-state index is -3.82. The van der Waals surface area contributed by atoms with Crippen molar-refractivity contribution in [2.45, 2.75) is 50.8 Å². The summed E-state index contributed by atoms with van der Waals surface area (Å²) >= 11 is 3.26. The Morgan fingerprint density at radius 2 is 1.87 bits per heavy atom. The third-order valence-corrected chi connectivity index (χ3v) is 5.11. The fourth-order valence-corrected chi connectivity index (χ4v) is 3.15. The molecule has 1 amide bonds. The van der Waals surface area contributed by atoms with Gasteiger partial charge in [0.1, 0.15) is 0 Å². The lowest BCUT2D eigenvalue weighted by Gasteiger charge is -2.09. The number of benzene rings is 1. The summed E-state index contributed by atoms with van der Waals surface area (Å²) in [6, 6.07) is 4.17. The van der Waals surface area contributed by atoms with Crippen LogP contribution in [0.25, 0.3) is 0 Å². The van der Waals surface area contributed by atoms with E-state index >= 15 is 0 Å². The molecule has 130 valence electrons. The second-order valence-electron chi connectivity index (χ2n) is 6.04. The number of primary sulfonamides is 1. The number of carbonyl (C=O) groups excluding carboxylic acids is 1. The van der Waals surface area contributed by atoms with E-state index in [2.05, 4.69) is 35.1 Å². The molecule has 0 saturated heterocycles. The number of halogens is 1. The highest BCUT2D eigenvalue weighted by molar-refractivity contribution is 9.10. The van der Waals surface area contributed by atoms with Crippen LogP contribution in [0.15, 0.2) is 27.6 Å². The normalized spacial score (nSPS) is 11.7. The van der Waals surface area contributed by atoms with Gasteiger partial charge in [0, 0.05) is 11.0 Å². The fourth-order valence-electron chi connectivity index (χ4n) is 2.18. The Hall–Kier alpha value is -0.920. The van der Waals surface area contributed by atoms with Gasteiger partial charge < -0.3 is 5.32 Å². The first kappa shape index (κ1) is 20.1. The standard InChI is InChI=1S/C16H25BrN2O3S/c1-12(2)7-5-3-4-6-10-19-16(20)14-11-13(23(18,21)22)8-9-15(14)17/h8-9,11-12H,3-7,10H2,1-2H3,(H,19,20)(H2,18,21,22). The van der Waals surface area contributed by atoms with Crippen molar-refractivity contribution in [1.29, 1.82) is 0 Å². The fraction of sp³-hybridized carbons (Fsp3) is 0.562. The van der Waals surface area contributed by atoms with E-state index in [1.54, 1.807) is 0 Å². The first-order valence-electron chi connectivity index (χ1n) is 7.82. The maximum Gasteiger partial charge on any atom is 0.252 e. The summed E-state index contributed by atoms with van der Waals surface area (Å²) < 4.78 is 23.3. The lowest BCUT2D eigenvalue weighted by atomic mass is 10.0. The zero-order valence-electron chi connectivity index (χ0n) is 13.6. The molecule has 0 fully saturated rings. The topological polar surface area (TPSA) is 89.3 Å². The monoisotopic (exact) mass is 404 g/mol. The van der Waals surface area contributed by atoms with E-state index in [4.69, 9.17) is 5.14 Å². The van der Waals surface area contributed by atoms with E-state index < -0.39 is 10.0 Å². The van der Waals surface area contributed by atoms with Crippen LogP contribution < -0.4 is 10.5 Å². The van der Waals surface area contributed by atoms with Crippen LogP contribution in [0.1, 0.15) is 56.3 Å². The Labute approximate surface area is 147 Å². The van der Waals surface area contributed by atoms with Gasteiger partial charge >= 0.3 is 0 Å². The molecule has 0 aliphatic rings. The summed E-state index contributed by atoms with van der Waals surface area (Å²) in [6.07, 6.45) is 5.60. The van der Waals surface area contributed by atoms with Crippen molar-refractivity contribution >= 4 is 31.9 Å². The van der Waals surface area contributed by atoms with Gasteiger partial charge in [0.25, 0.3) is 5.91 Å². The molecule has 0 aliphatic carbocycles. The molecule has 1 aromatic rings. The van der Waals surface area contributed by atoms with Crippen molar-refractivity contribution in [3.8, 4) is 0 Å². The molecule has 1 aromatic carbocycles. The molecule has 0 saturated carbocycles. The zero-order valence-corrected chi connectivity index (χ0v) is 16.0. The molecule has 3 N–H and O–H groups in total. The maximum absolute atomic E-state index is 12.1. The van der Waals surface area contributed by atoms with E-state index in [-0.39, 0.29) is 16.4 Å². The highest BCUT2D eigenvalue weighted by Gasteiger charge is 2.15. The molecule has 1 rings (SSSR count). The van der Waals surface area contributed by atoms with Crippen LogP contribution in [0.2, 0.25) is 0 Å². The van der Waals surface area contributed by atoms with E-state index in [0.29, 0.717) is 11.0 Å². The minimum Gasteiger partial charge on any atom is -0.352 e. The second-order valence-corrected chi connectivity index (χ2v) is 8.46. The van der Waals surface area contributed by atoms with E-state index in [9.17, 15) is 13.2 Å². The van der Waals surface area contributed by atoms with Gasteiger partial charge in [-0.25, -0.2) is 13.6 Å². The number of nitrogens with two attached hydrogens (primary N) is 1. The van der Waals surface area contributed by atoms with Gasteiger partial charge in [0.2, 0.25) is 10.0 Å². The second kappa shape index (κ2) is 9.39. The first-order valence-corrected chi connectivity index (χ1v) is 10.2. The summed E-state index contributed by atoms with van der Waals surface area (Å²) in [4.78, 5) is 12.1. The molecule has 0 aromatic heterocycles. The van der Waals surface area contributed by atoms with Gasteiger partial charge in [-0.2, -0.15) is 0 Å². The number of hydrogen-bond acceptors (Lipinski definition) is 3. The van der Waals surface area contributed by atoms with Crippen LogP contribution in [-0.4, -0.2) is 20.9 Å². The summed E-state index contributed by atoms with van der Waals surface area (Å²) in [6.45, 7) is 5.01. The van der Waals surface area contributed by atoms with Crippen molar-refractivity contribution < 1.29 is 13.2 Å². The molecular weight excluding hydrogens is 380 g/mol. The molecule has 23 heavy (non-hydrogen) atoms. The van der Waals surface area contributed by atoms with Crippen molar-refractivity contribution in [2.75, 3.05) is 6.54 Å². The van der Waals surface area contributed by atoms with E-state index in [1.807, 2.05) is 0 Å². The van der Waals surface area contributed by atoms with Gasteiger partial charge in [0.05, 0.1) is 10.5 Å². The van der Waals surface area contributed by atoms with Crippen molar-refractivity contribution in [3.63, 3.8) is 0 Å². The predicted octanol–water partition coefficient (Wildman–Crippen LogP) is 3.43. The first-order chi connectivity index (χ1) is 10.7. The van der Waals surface area contributed by atoms with Crippen LogP contribution in [0.5, 0.6) is 0 Å². The molecule has 0 unspecified atom stereocenters. The summed E-state index contributed by atoms with van der Waals surface area (Å²) in [5.74, 6) is 0.433. The number of carbonyl (C=O) groups is 1. The molecule has 0 heterocycles. The summed E-state index contributed by atoms with van der Waals surface area (Å²) in [7, 11) is -3.82. The number of unbranched alkanes of at least 4 members (excludes halogenated alkanes) is 3. The number of amides is 1. The van der Waals surface area contributed by atoms with E-state index in [0.717, 1.165) is 18.8 Å². The van der Waals surface area contributed by atoms with Gasteiger partial charge in [0.15, 0.2) is 0 Å². The summed E-state index contributed by atoms with van der Waals surface area (Å²) in [5.41, 5.74) is 0.274. The zero-order chi connectivity index (χ0) is 17.5. The Morgan fingerprint density at radius 1 is 1.22 bits per heavy atom. The Kier molecular flexibility index (Phi) is 8.22. The molecule has 0 radical (unpaired) electrons. The lowest BCUT2D eigenvalue weighted by Crippen LogP contribution is -2.25. The van der Waals surface area contributed by atoms with Crippen LogP contribution in [0.4, 0.5) is 0 Å². The Bertz CT molecular complexity index is 630. The van der Waals surface area contributed by atoms with Gasteiger partial charge in [-0.3, -0.25) is 4.79 Å². The van der Waals surface area contributed by atoms with E-state index in [1.165, 1.54) is 37.5 Å². The number of nitrogens with one attached hydrogen (secondary N) is 1. The highest BCUT2D eigenvalue weighted by atomic mass is 79.9. The lowest BCUT2D eigenvalue weighted by molar-refractivity contribution is 0.0952. The smallest absolute Gasteiger partial charge is 0.252 e. The number of hydrogen-bond donors (Lipinski definition) is 2. The Morgan fingerprint density at radius 3 is 2.48 bits per heavy atom. The van der Waals surface area contributed by atoms with Gasteiger partial charge in [-0.15, -0.1) is 0 Å². The van der Waals surface area contributed by atoms with Crippen molar-refractivity contribution in [3.05, 3.63) is 28.2 Å². The van der Waals surface area contributed by atoms with Crippen molar-refractivity contribution in [2.24, 2.45) is 11.1 Å². The average Bonchev–Trinajstić information content (AvgIpc) is 2.44. The maximum atomic E-state index is 12.1. The molecule has 0 bridgehead atoms. The predicted molar refractivity (Wildman–Crippen MR) is 95.8 cm³/mol. The Balaban J connectivity index is 2.46. The summed E-state index contributed by atoms with van der Waals surface area (Å²) in [5, 5.41) is 7.90. The van der Waals surface area contributed by atoms with Crippen molar-refractivity contribution in [1.82, 2.24) is 5.32 Å².